The van der Waals surface area contributed by atoms with Gasteiger partial charge in [-0.2, -0.15) is 5.10 Å². The van der Waals surface area contributed by atoms with Crippen LogP contribution in [0, 0.1) is 0 Å². The van der Waals surface area contributed by atoms with E-state index >= 15 is 0 Å². The number of nitrogens with zero attached hydrogens (tertiary/aromatic N) is 2. The Morgan fingerprint density at radius 3 is 2.90 bits per heavy atom. The van der Waals surface area contributed by atoms with Crippen LogP contribution in [0.2, 0.25) is 10.0 Å². The van der Waals surface area contributed by atoms with Crippen LogP contribution >= 0.6 is 23.2 Å². The Kier molecular flexibility index (Phi) is 4.55. The Labute approximate surface area is 124 Å². The fourth-order valence-electron chi connectivity index (χ4n) is 1.42. The van der Waals surface area contributed by atoms with Gasteiger partial charge in [-0.3, -0.25) is 9.78 Å². The number of aromatic nitrogens is 1. The van der Waals surface area contributed by atoms with Gasteiger partial charge in [-0.05, 0) is 18.2 Å². The number of phenolic OH excluding ortho intramolecular Hbond substituents is 1. The molecule has 0 saturated heterocycles. The SMILES string of the molecule is O=C(N/N=C\c1cccnc1)c1cc(Cl)cc(Cl)c1O. The second kappa shape index (κ2) is 6.36. The Morgan fingerprint density at radius 1 is 1.40 bits per heavy atom. The molecule has 0 aliphatic carbocycles. The van der Waals surface area contributed by atoms with Gasteiger partial charge in [0.1, 0.15) is 5.75 Å². The molecule has 1 amide bonds. The highest BCUT2D eigenvalue weighted by Gasteiger charge is 2.14. The third kappa shape index (κ3) is 3.46. The Hall–Kier alpha value is -2.11. The summed E-state index contributed by atoms with van der Waals surface area (Å²) < 4.78 is 0. The topological polar surface area (TPSA) is 74.6 Å². The molecular formula is C13H9Cl2N3O2. The van der Waals surface area contributed by atoms with Crippen molar-refractivity contribution in [2.75, 3.05) is 0 Å². The number of carbonyl (C=O) groups excluding carboxylic acids is 1. The highest BCUT2D eigenvalue weighted by atomic mass is 35.5. The zero-order chi connectivity index (χ0) is 14.5. The maximum absolute atomic E-state index is 11.8. The summed E-state index contributed by atoms with van der Waals surface area (Å²) in [7, 11) is 0. The smallest absolute Gasteiger partial charge is 0.275 e. The van der Waals surface area contributed by atoms with E-state index in [9.17, 15) is 9.90 Å². The zero-order valence-electron chi connectivity index (χ0n) is 10.0. The minimum Gasteiger partial charge on any atom is -0.506 e. The predicted molar refractivity (Wildman–Crippen MR) is 77.4 cm³/mol. The van der Waals surface area contributed by atoms with Crippen LogP contribution in [0.5, 0.6) is 5.75 Å². The van der Waals surface area contributed by atoms with Crippen LogP contribution in [0.3, 0.4) is 0 Å². The van der Waals surface area contributed by atoms with Gasteiger partial charge < -0.3 is 5.11 Å². The first-order chi connectivity index (χ1) is 9.58. The number of carbonyl (C=O) groups is 1. The van der Waals surface area contributed by atoms with Crippen LogP contribution in [0.25, 0.3) is 0 Å². The number of halogens is 2. The largest absolute Gasteiger partial charge is 0.506 e. The van der Waals surface area contributed by atoms with Crippen molar-refractivity contribution in [2.45, 2.75) is 0 Å². The van der Waals surface area contributed by atoms with E-state index in [1.807, 2.05) is 0 Å². The number of hydrogen-bond donors (Lipinski definition) is 2. The molecule has 1 aromatic carbocycles. The van der Waals surface area contributed by atoms with Gasteiger partial charge in [0.15, 0.2) is 0 Å². The maximum Gasteiger partial charge on any atom is 0.275 e. The fourth-order valence-corrected chi connectivity index (χ4v) is 1.91. The number of hydrazone groups is 1. The molecule has 7 heteroatoms. The normalized spacial score (nSPS) is 10.7. The van der Waals surface area contributed by atoms with Crippen LogP contribution in [-0.2, 0) is 0 Å². The van der Waals surface area contributed by atoms with Gasteiger partial charge in [-0.1, -0.05) is 29.3 Å². The molecule has 0 aliphatic rings. The van der Waals surface area contributed by atoms with Crippen molar-refractivity contribution in [1.82, 2.24) is 10.4 Å². The van der Waals surface area contributed by atoms with Crippen molar-refractivity contribution in [3.05, 3.63) is 57.8 Å². The third-order valence-electron chi connectivity index (χ3n) is 2.34. The average molecular weight is 310 g/mol. The number of amides is 1. The van der Waals surface area contributed by atoms with E-state index in [4.69, 9.17) is 23.2 Å². The standard InChI is InChI=1S/C13H9Cl2N3O2/c14-9-4-10(12(19)11(15)5-9)13(20)18-17-7-8-2-1-3-16-6-8/h1-7,19H,(H,18,20)/b17-7-. The molecule has 2 aromatic rings. The first-order valence-electron chi connectivity index (χ1n) is 5.49. The maximum atomic E-state index is 11.8. The van der Waals surface area contributed by atoms with Crippen LogP contribution in [-0.4, -0.2) is 22.2 Å². The van der Waals surface area contributed by atoms with Gasteiger partial charge in [0.05, 0.1) is 16.8 Å². The lowest BCUT2D eigenvalue weighted by Gasteiger charge is -2.05. The number of nitrogens with one attached hydrogen (secondary N) is 1. The molecule has 20 heavy (non-hydrogen) atoms. The average Bonchev–Trinajstić information content (AvgIpc) is 2.44. The fraction of sp³-hybridized carbons (Fsp3) is 0. The number of phenols is 1. The van der Waals surface area contributed by atoms with Crippen LogP contribution < -0.4 is 5.43 Å². The van der Waals surface area contributed by atoms with Crippen molar-refractivity contribution in [1.29, 1.82) is 0 Å². The first kappa shape index (κ1) is 14.3. The molecule has 5 nitrogen and oxygen atoms in total. The van der Waals surface area contributed by atoms with Crippen molar-refractivity contribution >= 4 is 35.3 Å². The Bertz CT molecular complexity index is 660. The van der Waals surface area contributed by atoms with Crippen molar-refractivity contribution < 1.29 is 9.90 Å². The third-order valence-corrected chi connectivity index (χ3v) is 2.84. The lowest BCUT2D eigenvalue weighted by atomic mass is 10.2. The predicted octanol–water partition coefficient (Wildman–Crippen LogP) is 2.86. The van der Waals surface area contributed by atoms with Crippen molar-refractivity contribution in [3.63, 3.8) is 0 Å². The minimum absolute atomic E-state index is 0.00103. The van der Waals surface area contributed by atoms with Crippen LogP contribution in [0.4, 0.5) is 0 Å². The lowest BCUT2D eigenvalue weighted by Crippen LogP contribution is -2.17. The summed E-state index contributed by atoms with van der Waals surface area (Å²) in [5.41, 5.74) is 2.94. The molecule has 1 aromatic heterocycles. The van der Waals surface area contributed by atoms with E-state index in [-0.39, 0.29) is 21.4 Å². The van der Waals surface area contributed by atoms with Crippen molar-refractivity contribution in [2.24, 2.45) is 5.10 Å². The Morgan fingerprint density at radius 2 is 2.20 bits per heavy atom. The summed E-state index contributed by atoms with van der Waals surface area (Å²) in [4.78, 5) is 15.7. The molecule has 0 fully saturated rings. The molecule has 2 N–H and O–H groups in total. The lowest BCUT2D eigenvalue weighted by molar-refractivity contribution is 0.0952. The quantitative estimate of drug-likeness (QED) is 0.676. The molecule has 0 spiro atoms. The van der Waals surface area contributed by atoms with Gasteiger partial charge in [-0.25, -0.2) is 5.43 Å². The summed E-state index contributed by atoms with van der Waals surface area (Å²) >= 11 is 11.5. The van der Waals surface area contributed by atoms with Crippen molar-refractivity contribution in [3.8, 4) is 5.75 Å². The van der Waals surface area contributed by atoms with Gasteiger partial charge in [0.25, 0.3) is 5.91 Å². The summed E-state index contributed by atoms with van der Waals surface area (Å²) in [6.07, 6.45) is 4.64. The van der Waals surface area contributed by atoms with E-state index in [2.05, 4.69) is 15.5 Å². The summed E-state index contributed by atoms with van der Waals surface area (Å²) in [5.74, 6) is -0.961. The molecule has 1 heterocycles. The summed E-state index contributed by atoms with van der Waals surface area (Å²) in [6, 6.07) is 6.16. The second-order valence-electron chi connectivity index (χ2n) is 3.77. The van der Waals surface area contributed by atoms with Gasteiger partial charge in [0, 0.05) is 23.0 Å². The molecule has 0 saturated carbocycles. The Balaban J connectivity index is 2.11. The van der Waals surface area contributed by atoms with Crippen LogP contribution in [0.1, 0.15) is 15.9 Å². The monoisotopic (exact) mass is 309 g/mol. The number of aromatic hydroxyl groups is 1. The zero-order valence-corrected chi connectivity index (χ0v) is 11.6. The molecule has 2 rings (SSSR count). The van der Waals surface area contributed by atoms with Gasteiger partial charge >= 0.3 is 0 Å². The second-order valence-corrected chi connectivity index (χ2v) is 4.61. The van der Waals surface area contributed by atoms with E-state index in [1.165, 1.54) is 18.3 Å². The van der Waals surface area contributed by atoms with Crippen LogP contribution in [0.15, 0.2) is 41.8 Å². The van der Waals surface area contributed by atoms with E-state index in [0.717, 1.165) is 5.56 Å². The molecule has 0 bridgehead atoms. The highest BCUT2D eigenvalue weighted by molar-refractivity contribution is 6.36. The molecule has 0 atom stereocenters. The van der Waals surface area contributed by atoms with E-state index < -0.39 is 5.91 Å². The molecular weight excluding hydrogens is 301 g/mol. The highest BCUT2D eigenvalue weighted by Crippen LogP contribution is 2.30. The van der Waals surface area contributed by atoms with Gasteiger partial charge in [0.2, 0.25) is 0 Å². The molecule has 0 aliphatic heterocycles. The molecule has 0 radical (unpaired) electrons. The minimum atomic E-state index is -0.618. The van der Waals surface area contributed by atoms with E-state index in [0.29, 0.717) is 0 Å². The van der Waals surface area contributed by atoms with E-state index in [1.54, 1.807) is 24.5 Å². The molecule has 102 valence electrons. The summed E-state index contributed by atoms with van der Waals surface area (Å²) in [6.45, 7) is 0. The summed E-state index contributed by atoms with van der Waals surface area (Å²) in [5, 5.41) is 13.7. The molecule has 0 unspecified atom stereocenters. The number of rotatable bonds is 3. The first-order valence-corrected chi connectivity index (χ1v) is 6.25. The number of pyridine rings is 1. The number of benzene rings is 1. The van der Waals surface area contributed by atoms with Gasteiger partial charge in [-0.15, -0.1) is 0 Å². The number of hydrogen-bond acceptors (Lipinski definition) is 4.